The lowest BCUT2D eigenvalue weighted by atomic mass is 9.98. The maximum atomic E-state index is 11.6. The highest BCUT2D eigenvalue weighted by Crippen LogP contribution is 2.20. The molecular weight excluding hydrogens is 188 g/mol. The largest absolute Gasteiger partial charge is 0.454 e. The Hall–Kier alpha value is -1.57. The summed E-state index contributed by atoms with van der Waals surface area (Å²) in [5.74, 6) is -0.206. The number of esters is 1. The van der Waals surface area contributed by atoms with Crippen molar-refractivity contribution in [3.8, 4) is 0 Å². The van der Waals surface area contributed by atoms with Crippen LogP contribution in [0.15, 0.2) is 36.4 Å². The van der Waals surface area contributed by atoms with Gasteiger partial charge in [0.2, 0.25) is 0 Å². The molecule has 1 heterocycles. The molecule has 0 radical (unpaired) electrons. The van der Waals surface area contributed by atoms with Gasteiger partial charge in [0.25, 0.3) is 0 Å². The van der Waals surface area contributed by atoms with Gasteiger partial charge in [0.1, 0.15) is 6.10 Å². The van der Waals surface area contributed by atoms with Gasteiger partial charge in [-0.15, -0.1) is 0 Å². The molecule has 1 aromatic rings. The Morgan fingerprint density at radius 3 is 3.07 bits per heavy atom. The van der Waals surface area contributed by atoms with E-state index in [0.717, 1.165) is 18.4 Å². The van der Waals surface area contributed by atoms with Crippen LogP contribution in [0.3, 0.4) is 0 Å². The molecule has 0 spiro atoms. The van der Waals surface area contributed by atoms with Crippen LogP contribution in [0.5, 0.6) is 0 Å². The SMILES string of the molecule is CC/C=C/C1Cc2ccccc2C(=O)O1. The van der Waals surface area contributed by atoms with Crippen molar-refractivity contribution >= 4 is 5.97 Å². The van der Waals surface area contributed by atoms with Crippen molar-refractivity contribution in [3.63, 3.8) is 0 Å². The van der Waals surface area contributed by atoms with Gasteiger partial charge in [0.05, 0.1) is 5.56 Å². The van der Waals surface area contributed by atoms with Crippen LogP contribution in [-0.4, -0.2) is 12.1 Å². The van der Waals surface area contributed by atoms with Crippen molar-refractivity contribution in [2.45, 2.75) is 25.9 Å². The monoisotopic (exact) mass is 202 g/mol. The highest BCUT2D eigenvalue weighted by molar-refractivity contribution is 5.92. The van der Waals surface area contributed by atoms with Crippen LogP contribution in [-0.2, 0) is 11.2 Å². The molecule has 1 atom stereocenters. The van der Waals surface area contributed by atoms with Gasteiger partial charge >= 0.3 is 5.97 Å². The number of rotatable bonds is 2. The predicted octanol–water partition coefficient (Wildman–Crippen LogP) is 2.73. The molecule has 0 aliphatic carbocycles. The summed E-state index contributed by atoms with van der Waals surface area (Å²) in [6.45, 7) is 2.06. The van der Waals surface area contributed by atoms with Crippen LogP contribution in [0.2, 0.25) is 0 Å². The highest BCUT2D eigenvalue weighted by atomic mass is 16.5. The lowest BCUT2D eigenvalue weighted by Crippen LogP contribution is -2.25. The van der Waals surface area contributed by atoms with Crippen LogP contribution in [0.25, 0.3) is 0 Å². The van der Waals surface area contributed by atoms with E-state index in [-0.39, 0.29) is 12.1 Å². The minimum Gasteiger partial charge on any atom is -0.454 e. The number of hydrogen-bond acceptors (Lipinski definition) is 2. The first-order valence-corrected chi connectivity index (χ1v) is 5.27. The Bertz CT molecular complexity index is 393. The summed E-state index contributed by atoms with van der Waals surface area (Å²) in [5.41, 5.74) is 1.79. The molecule has 2 nitrogen and oxygen atoms in total. The lowest BCUT2D eigenvalue weighted by molar-refractivity contribution is 0.0357. The van der Waals surface area contributed by atoms with E-state index in [9.17, 15) is 4.79 Å². The summed E-state index contributed by atoms with van der Waals surface area (Å²) >= 11 is 0. The minimum atomic E-state index is -0.206. The second-order valence-electron chi connectivity index (χ2n) is 3.64. The first kappa shape index (κ1) is 9.97. The maximum absolute atomic E-state index is 11.6. The van der Waals surface area contributed by atoms with Crippen molar-refractivity contribution < 1.29 is 9.53 Å². The molecule has 0 amide bonds. The van der Waals surface area contributed by atoms with Gasteiger partial charge in [-0.25, -0.2) is 4.79 Å². The quantitative estimate of drug-likeness (QED) is 0.544. The van der Waals surface area contributed by atoms with Crippen molar-refractivity contribution in [3.05, 3.63) is 47.5 Å². The molecule has 2 rings (SSSR count). The molecule has 0 bridgehead atoms. The van der Waals surface area contributed by atoms with Gasteiger partial charge in [0.15, 0.2) is 0 Å². The smallest absolute Gasteiger partial charge is 0.339 e. The van der Waals surface area contributed by atoms with Gasteiger partial charge in [-0.1, -0.05) is 31.2 Å². The van der Waals surface area contributed by atoms with Crippen LogP contribution in [0, 0.1) is 0 Å². The number of carbonyl (C=O) groups is 1. The summed E-state index contributed by atoms with van der Waals surface area (Å²) in [4.78, 5) is 11.6. The van der Waals surface area contributed by atoms with Crippen LogP contribution in [0.1, 0.15) is 29.3 Å². The third kappa shape index (κ3) is 2.09. The van der Waals surface area contributed by atoms with E-state index >= 15 is 0 Å². The minimum absolute atomic E-state index is 0.0904. The third-order valence-electron chi connectivity index (χ3n) is 2.50. The molecule has 0 fully saturated rings. The van der Waals surface area contributed by atoms with Crippen molar-refractivity contribution in [1.82, 2.24) is 0 Å². The van der Waals surface area contributed by atoms with E-state index in [4.69, 9.17) is 4.74 Å². The average Bonchev–Trinajstić information content (AvgIpc) is 2.26. The maximum Gasteiger partial charge on any atom is 0.339 e. The molecule has 1 unspecified atom stereocenters. The lowest BCUT2D eigenvalue weighted by Gasteiger charge is -2.22. The zero-order chi connectivity index (χ0) is 10.7. The zero-order valence-electron chi connectivity index (χ0n) is 8.77. The molecule has 1 aliphatic rings. The predicted molar refractivity (Wildman–Crippen MR) is 58.8 cm³/mol. The summed E-state index contributed by atoms with van der Waals surface area (Å²) in [5, 5.41) is 0. The average molecular weight is 202 g/mol. The number of benzene rings is 1. The van der Waals surface area contributed by atoms with Crippen molar-refractivity contribution in [2.24, 2.45) is 0 Å². The molecule has 2 heteroatoms. The normalized spacial score (nSPS) is 20.1. The summed E-state index contributed by atoms with van der Waals surface area (Å²) < 4.78 is 5.29. The Kier molecular flexibility index (Phi) is 2.86. The second-order valence-corrected chi connectivity index (χ2v) is 3.64. The molecule has 1 aliphatic heterocycles. The fraction of sp³-hybridized carbons (Fsp3) is 0.308. The third-order valence-corrected chi connectivity index (χ3v) is 2.50. The van der Waals surface area contributed by atoms with Gasteiger partial charge in [-0.05, 0) is 24.1 Å². The van der Waals surface area contributed by atoms with E-state index < -0.39 is 0 Å². The van der Waals surface area contributed by atoms with E-state index in [1.165, 1.54) is 0 Å². The molecule has 15 heavy (non-hydrogen) atoms. The number of fused-ring (bicyclic) bond motifs is 1. The van der Waals surface area contributed by atoms with E-state index in [1.54, 1.807) is 0 Å². The van der Waals surface area contributed by atoms with Gasteiger partial charge < -0.3 is 4.74 Å². The number of ether oxygens (including phenoxy) is 1. The Balaban J connectivity index is 2.23. The first-order chi connectivity index (χ1) is 7.31. The molecule has 0 N–H and O–H groups in total. The fourth-order valence-electron chi connectivity index (χ4n) is 1.75. The van der Waals surface area contributed by atoms with Crippen LogP contribution in [0.4, 0.5) is 0 Å². The Morgan fingerprint density at radius 1 is 1.47 bits per heavy atom. The van der Waals surface area contributed by atoms with Crippen molar-refractivity contribution in [2.75, 3.05) is 0 Å². The van der Waals surface area contributed by atoms with Crippen molar-refractivity contribution in [1.29, 1.82) is 0 Å². The molecule has 0 saturated heterocycles. The number of cyclic esters (lactones) is 1. The Morgan fingerprint density at radius 2 is 2.27 bits per heavy atom. The van der Waals surface area contributed by atoms with E-state index in [2.05, 4.69) is 6.92 Å². The molecular formula is C13H14O2. The van der Waals surface area contributed by atoms with E-state index in [0.29, 0.717) is 5.56 Å². The molecule has 0 saturated carbocycles. The van der Waals surface area contributed by atoms with Crippen LogP contribution < -0.4 is 0 Å². The summed E-state index contributed by atoms with van der Waals surface area (Å²) in [7, 11) is 0. The number of hydrogen-bond donors (Lipinski definition) is 0. The first-order valence-electron chi connectivity index (χ1n) is 5.27. The Labute approximate surface area is 89.6 Å². The number of allylic oxidation sites excluding steroid dienone is 1. The molecule has 1 aromatic carbocycles. The highest BCUT2D eigenvalue weighted by Gasteiger charge is 2.23. The molecule has 78 valence electrons. The van der Waals surface area contributed by atoms with Gasteiger partial charge in [-0.2, -0.15) is 0 Å². The van der Waals surface area contributed by atoms with Gasteiger partial charge in [0, 0.05) is 6.42 Å². The number of carbonyl (C=O) groups excluding carboxylic acids is 1. The standard InChI is InChI=1S/C13H14O2/c1-2-3-7-11-9-10-6-4-5-8-12(10)13(14)15-11/h3-8,11H,2,9H2,1H3/b7-3+. The van der Waals surface area contributed by atoms with Gasteiger partial charge in [-0.3, -0.25) is 0 Å². The topological polar surface area (TPSA) is 26.3 Å². The second kappa shape index (κ2) is 4.30. The summed E-state index contributed by atoms with van der Waals surface area (Å²) in [6, 6.07) is 7.63. The zero-order valence-corrected chi connectivity index (χ0v) is 8.77. The fourth-order valence-corrected chi connectivity index (χ4v) is 1.75. The van der Waals surface area contributed by atoms with E-state index in [1.807, 2.05) is 36.4 Å². The summed E-state index contributed by atoms with van der Waals surface area (Å²) in [6.07, 6.45) is 5.67. The van der Waals surface area contributed by atoms with Crippen LogP contribution >= 0.6 is 0 Å². The molecule has 0 aromatic heterocycles.